The Morgan fingerprint density at radius 1 is 1.53 bits per heavy atom. The van der Waals surface area contributed by atoms with Gasteiger partial charge in [0.25, 0.3) is 0 Å². The average Bonchev–Trinajstić information content (AvgIpc) is 2.65. The summed E-state index contributed by atoms with van der Waals surface area (Å²) in [6.07, 6.45) is 4.99. The highest BCUT2D eigenvalue weighted by Gasteiger charge is 2.29. The van der Waals surface area contributed by atoms with Gasteiger partial charge in [0.15, 0.2) is 0 Å². The molecule has 2 nitrogen and oxygen atoms in total. The van der Waals surface area contributed by atoms with E-state index >= 15 is 0 Å². The SMILES string of the molecule is C=C(C)C(=O)OC(C)C1CCC(CC)C1. The van der Waals surface area contributed by atoms with Crippen LogP contribution in [0.15, 0.2) is 12.2 Å². The topological polar surface area (TPSA) is 26.3 Å². The molecule has 0 aromatic carbocycles. The van der Waals surface area contributed by atoms with Crippen LogP contribution in [0.4, 0.5) is 0 Å². The molecule has 0 radical (unpaired) electrons. The molecule has 15 heavy (non-hydrogen) atoms. The Kier molecular flexibility index (Phi) is 4.37. The second kappa shape index (κ2) is 5.34. The van der Waals surface area contributed by atoms with Crippen molar-refractivity contribution in [1.82, 2.24) is 0 Å². The molecule has 1 aliphatic rings. The van der Waals surface area contributed by atoms with E-state index in [1.54, 1.807) is 6.92 Å². The standard InChI is InChI=1S/C13H22O2/c1-5-11-6-7-12(8-11)10(4)15-13(14)9(2)3/h10-12H,2,5-8H2,1,3-4H3. The van der Waals surface area contributed by atoms with Gasteiger partial charge in [-0.15, -0.1) is 0 Å². The third-order valence-corrected chi connectivity index (χ3v) is 3.46. The van der Waals surface area contributed by atoms with Crippen molar-refractivity contribution in [2.45, 2.75) is 52.6 Å². The molecule has 86 valence electrons. The summed E-state index contributed by atoms with van der Waals surface area (Å²) >= 11 is 0. The summed E-state index contributed by atoms with van der Waals surface area (Å²) in [6, 6.07) is 0. The van der Waals surface area contributed by atoms with Gasteiger partial charge in [0.2, 0.25) is 0 Å². The molecular formula is C13H22O2. The largest absolute Gasteiger partial charge is 0.459 e. The molecule has 2 heteroatoms. The fourth-order valence-electron chi connectivity index (χ4n) is 2.28. The van der Waals surface area contributed by atoms with Crippen molar-refractivity contribution in [3.63, 3.8) is 0 Å². The van der Waals surface area contributed by atoms with Gasteiger partial charge in [-0.2, -0.15) is 0 Å². The van der Waals surface area contributed by atoms with Gasteiger partial charge in [-0.3, -0.25) is 0 Å². The van der Waals surface area contributed by atoms with Crippen LogP contribution < -0.4 is 0 Å². The lowest BCUT2D eigenvalue weighted by molar-refractivity contribution is -0.145. The van der Waals surface area contributed by atoms with Crippen molar-refractivity contribution in [3.05, 3.63) is 12.2 Å². The molecule has 3 atom stereocenters. The van der Waals surface area contributed by atoms with E-state index in [2.05, 4.69) is 13.5 Å². The number of carbonyl (C=O) groups excluding carboxylic acids is 1. The summed E-state index contributed by atoms with van der Waals surface area (Å²) in [6.45, 7) is 9.52. The van der Waals surface area contributed by atoms with Gasteiger partial charge in [-0.25, -0.2) is 4.79 Å². The maximum absolute atomic E-state index is 11.3. The van der Waals surface area contributed by atoms with E-state index in [-0.39, 0.29) is 12.1 Å². The van der Waals surface area contributed by atoms with E-state index in [4.69, 9.17) is 4.74 Å². The summed E-state index contributed by atoms with van der Waals surface area (Å²) < 4.78 is 5.35. The van der Waals surface area contributed by atoms with Crippen LogP contribution in [-0.4, -0.2) is 12.1 Å². The second-order valence-electron chi connectivity index (χ2n) is 4.74. The smallest absolute Gasteiger partial charge is 0.333 e. The molecule has 0 aromatic heterocycles. The number of hydrogen-bond acceptors (Lipinski definition) is 2. The highest BCUT2D eigenvalue weighted by atomic mass is 16.5. The summed E-state index contributed by atoms with van der Waals surface area (Å²) in [5, 5.41) is 0. The zero-order chi connectivity index (χ0) is 11.4. The van der Waals surface area contributed by atoms with Crippen molar-refractivity contribution in [3.8, 4) is 0 Å². The lowest BCUT2D eigenvalue weighted by Crippen LogP contribution is -2.22. The zero-order valence-corrected chi connectivity index (χ0v) is 10.1. The minimum Gasteiger partial charge on any atom is -0.459 e. The molecule has 0 spiro atoms. The predicted molar refractivity (Wildman–Crippen MR) is 61.5 cm³/mol. The molecule has 0 saturated heterocycles. The first-order valence-electron chi connectivity index (χ1n) is 5.91. The van der Waals surface area contributed by atoms with Crippen LogP contribution in [0, 0.1) is 11.8 Å². The lowest BCUT2D eigenvalue weighted by Gasteiger charge is -2.19. The van der Waals surface area contributed by atoms with Gasteiger partial charge in [-0.05, 0) is 38.5 Å². The third kappa shape index (κ3) is 3.37. The van der Waals surface area contributed by atoms with Gasteiger partial charge in [-0.1, -0.05) is 26.3 Å². The van der Waals surface area contributed by atoms with Gasteiger partial charge < -0.3 is 4.74 Å². The van der Waals surface area contributed by atoms with Crippen LogP contribution >= 0.6 is 0 Å². The maximum atomic E-state index is 11.3. The van der Waals surface area contributed by atoms with Crippen molar-refractivity contribution >= 4 is 5.97 Å². The molecule has 0 N–H and O–H groups in total. The monoisotopic (exact) mass is 210 g/mol. The summed E-state index contributed by atoms with van der Waals surface area (Å²) in [5.41, 5.74) is 0.492. The Balaban J connectivity index is 2.38. The molecule has 1 rings (SSSR count). The molecule has 0 aromatic rings. The van der Waals surface area contributed by atoms with Gasteiger partial charge in [0.1, 0.15) is 6.10 Å². The summed E-state index contributed by atoms with van der Waals surface area (Å²) in [5.74, 6) is 1.14. The van der Waals surface area contributed by atoms with Crippen LogP contribution in [0.5, 0.6) is 0 Å². The fourth-order valence-corrected chi connectivity index (χ4v) is 2.28. The normalized spacial score (nSPS) is 27.4. The Morgan fingerprint density at radius 3 is 2.67 bits per heavy atom. The number of carbonyl (C=O) groups is 1. The predicted octanol–water partition coefficient (Wildman–Crippen LogP) is 3.32. The highest BCUT2D eigenvalue weighted by Crippen LogP contribution is 2.35. The quantitative estimate of drug-likeness (QED) is 0.525. The minimum atomic E-state index is -0.248. The number of hydrogen-bond donors (Lipinski definition) is 0. The number of esters is 1. The second-order valence-corrected chi connectivity index (χ2v) is 4.74. The molecule has 0 aliphatic heterocycles. The van der Waals surface area contributed by atoms with Crippen molar-refractivity contribution < 1.29 is 9.53 Å². The van der Waals surface area contributed by atoms with E-state index in [0.717, 1.165) is 5.92 Å². The van der Waals surface area contributed by atoms with Crippen LogP contribution in [0.25, 0.3) is 0 Å². The van der Waals surface area contributed by atoms with Crippen LogP contribution in [-0.2, 0) is 9.53 Å². The minimum absolute atomic E-state index is 0.0470. The maximum Gasteiger partial charge on any atom is 0.333 e. The Hall–Kier alpha value is -0.790. The van der Waals surface area contributed by atoms with E-state index < -0.39 is 0 Å². The van der Waals surface area contributed by atoms with E-state index in [1.165, 1.54) is 25.7 Å². The summed E-state index contributed by atoms with van der Waals surface area (Å²) in [4.78, 5) is 11.3. The van der Waals surface area contributed by atoms with E-state index in [9.17, 15) is 4.79 Å². The van der Waals surface area contributed by atoms with Crippen molar-refractivity contribution in [2.24, 2.45) is 11.8 Å². The highest BCUT2D eigenvalue weighted by molar-refractivity contribution is 5.87. The molecule has 1 saturated carbocycles. The summed E-state index contributed by atoms with van der Waals surface area (Å²) in [7, 11) is 0. The molecular weight excluding hydrogens is 188 g/mol. The Bertz CT molecular complexity index is 245. The van der Waals surface area contributed by atoms with Gasteiger partial charge in [0.05, 0.1) is 0 Å². The third-order valence-electron chi connectivity index (χ3n) is 3.46. The molecule has 1 aliphatic carbocycles. The first-order chi connectivity index (χ1) is 7.04. The Labute approximate surface area is 92.7 Å². The van der Waals surface area contributed by atoms with Gasteiger partial charge in [0, 0.05) is 5.57 Å². The van der Waals surface area contributed by atoms with Crippen LogP contribution in [0.3, 0.4) is 0 Å². The number of ether oxygens (including phenoxy) is 1. The molecule has 0 amide bonds. The molecule has 3 unspecified atom stereocenters. The van der Waals surface area contributed by atoms with Crippen LogP contribution in [0.2, 0.25) is 0 Å². The lowest BCUT2D eigenvalue weighted by atomic mass is 9.99. The molecule has 0 bridgehead atoms. The van der Waals surface area contributed by atoms with E-state index in [0.29, 0.717) is 11.5 Å². The van der Waals surface area contributed by atoms with E-state index in [1.807, 2.05) is 6.92 Å². The molecule has 0 heterocycles. The molecule has 1 fully saturated rings. The average molecular weight is 210 g/mol. The number of rotatable bonds is 4. The Morgan fingerprint density at radius 2 is 2.20 bits per heavy atom. The van der Waals surface area contributed by atoms with Crippen LogP contribution in [0.1, 0.15) is 46.5 Å². The van der Waals surface area contributed by atoms with Gasteiger partial charge >= 0.3 is 5.97 Å². The zero-order valence-electron chi connectivity index (χ0n) is 10.1. The first kappa shape index (κ1) is 12.3. The fraction of sp³-hybridized carbons (Fsp3) is 0.769. The van der Waals surface area contributed by atoms with Crippen molar-refractivity contribution in [2.75, 3.05) is 0 Å². The first-order valence-corrected chi connectivity index (χ1v) is 5.91. The van der Waals surface area contributed by atoms with Crippen molar-refractivity contribution in [1.29, 1.82) is 0 Å².